The van der Waals surface area contributed by atoms with Gasteiger partial charge in [-0.15, -0.1) is 11.3 Å². The van der Waals surface area contributed by atoms with E-state index in [-0.39, 0.29) is 13.2 Å². The molecule has 5 aromatic rings. The third-order valence-electron chi connectivity index (χ3n) is 5.42. The Morgan fingerprint density at radius 2 is 1.75 bits per heavy atom. The average Bonchev–Trinajstić information content (AvgIpc) is 3.50. The fraction of sp³-hybridized carbons (Fsp3) is 0.120. The number of nitrogens with zero attached hydrogens (tertiary/aromatic N) is 3. The molecule has 3 aromatic carbocycles. The molecule has 0 amide bonds. The molecule has 0 bridgehead atoms. The first kappa shape index (κ1) is 20.4. The van der Waals surface area contributed by atoms with E-state index in [1.165, 1.54) is 0 Å². The molecular formula is C25H21N3O3S. The summed E-state index contributed by atoms with van der Waals surface area (Å²) in [5.74, 6) is 0.647. The quantitative estimate of drug-likeness (QED) is 0.394. The van der Waals surface area contributed by atoms with E-state index in [0.717, 1.165) is 48.9 Å². The van der Waals surface area contributed by atoms with Gasteiger partial charge < -0.3 is 14.9 Å². The van der Waals surface area contributed by atoms with Crippen LogP contribution in [-0.4, -0.2) is 31.9 Å². The van der Waals surface area contributed by atoms with Crippen molar-refractivity contribution in [2.45, 2.75) is 13.2 Å². The summed E-state index contributed by atoms with van der Waals surface area (Å²) in [7, 11) is 1.60. The van der Waals surface area contributed by atoms with Crippen molar-refractivity contribution in [2.24, 2.45) is 0 Å². The summed E-state index contributed by atoms with van der Waals surface area (Å²) in [5.41, 5.74) is 6.46. The summed E-state index contributed by atoms with van der Waals surface area (Å²) >= 11 is 1.62. The lowest BCUT2D eigenvalue weighted by Gasteiger charge is -2.12. The van der Waals surface area contributed by atoms with Crippen LogP contribution in [0.25, 0.3) is 37.7 Å². The van der Waals surface area contributed by atoms with Gasteiger partial charge in [-0.25, -0.2) is 9.97 Å². The van der Waals surface area contributed by atoms with Crippen molar-refractivity contribution in [1.29, 1.82) is 0 Å². The van der Waals surface area contributed by atoms with Gasteiger partial charge >= 0.3 is 0 Å². The predicted molar refractivity (Wildman–Crippen MR) is 126 cm³/mol. The monoisotopic (exact) mass is 443 g/mol. The number of aromatic nitrogens is 3. The molecule has 2 aromatic heterocycles. The average molecular weight is 444 g/mol. The van der Waals surface area contributed by atoms with E-state index in [9.17, 15) is 10.2 Å². The fourth-order valence-electron chi connectivity index (χ4n) is 3.70. The maximum absolute atomic E-state index is 9.48. The first-order valence-corrected chi connectivity index (χ1v) is 10.9. The van der Waals surface area contributed by atoms with E-state index in [1.54, 1.807) is 24.8 Å². The minimum absolute atomic E-state index is 0.0275. The molecule has 0 aliphatic rings. The minimum Gasteiger partial charge on any atom is -0.496 e. The number of hydrogen-bond donors (Lipinski definition) is 2. The van der Waals surface area contributed by atoms with Crippen molar-refractivity contribution in [3.8, 4) is 33.3 Å². The van der Waals surface area contributed by atoms with E-state index >= 15 is 0 Å². The topological polar surface area (TPSA) is 80.4 Å². The third kappa shape index (κ3) is 3.67. The molecule has 2 N–H and O–H groups in total. The number of thiazole rings is 1. The number of rotatable bonds is 6. The number of imidazole rings is 1. The van der Waals surface area contributed by atoms with Crippen molar-refractivity contribution in [1.82, 2.24) is 14.5 Å². The lowest BCUT2D eigenvalue weighted by molar-refractivity contribution is 0.274. The first-order valence-electron chi connectivity index (χ1n) is 10.1. The molecule has 0 unspecified atom stereocenters. The second-order valence-corrected chi connectivity index (χ2v) is 8.39. The number of fused-ring (bicyclic) bond motifs is 1. The van der Waals surface area contributed by atoms with Gasteiger partial charge in [0.2, 0.25) is 0 Å². The largest absolute Gasteiger partial charge is 0.496 e. The van der Waals surface area contributed by atoms with Gasteiger partial charge in [0.05, 0.1) is 48.8 Å². The molecule has 0 atom stereocenters. The fourth-order valence-corrected chi connectivity index (χ4v) is 4.74. The highest BCUT2D eigenvalue weighted by Gasteiger charge is 2.12. The standard InChI is InChI=1S/C25H21N3O3S/c1-31-23-11-18(3-4-19(23)14-30)22-12-26-15-28(22)20-7-5-17(6-8-20)25-27-21-9-2-16(13-29)10-24(21)32-25/h2-12,15,29-30H,13-14H2,1H3. The van der Waals surface area contributed by atoms with Gasteiger partial charge in [-0.2, -0.15) is 0 Å². The lowest BCUT2D eigenvalue weighted by atomic mass is 10.1. The van der Waals surface area contributed by atoms with Crippen molar-refractivity contribution >= 4 is 21.6 Å². The SMILES string of the molecule is COc1cc(-c2cncn2-c2ccc(-c3nc4ccc(CO)cc4s3)cc2)ccc1CO. The Morgan fingerprint density at radius 1 is 0.938 bits per heavy atom. The summed E-state index contributed by atoms with van der Waals surface area (Å²) < 4.78 is 8.50. The van der Waals surface area contributed by atoms with Gasteiger partial charge in [-0.1, -0.05) is 18.2 Å². The third-order valence-corrected chi connectivity index (χ3v) is 6.49. The van der Waals surface area contributed by atoms with Gasteiger partial charge in [-0.05, 0) is 48.0 Å². The van der Waals surface area contributed by atoms with Crippen molar-refractivity contribution in [3.05, 3.63) is 84.3 Å². The summed E-state index contributed by atoms with van der Waals surface area (Å²) in [4.78, 5) is 9.08. The van der Waals surface area contributed by atoms with E-state index < -0.39 is 0 Å². The molecule has 5 rings (SSSR count). The Hall–Kier alpha value is -3.52. The number of hydrogen-bond acceptors (Lipinski definition) is 6. The van der Waals surface area contributed by atoms with Crippen LogP contribution in [0.15, 0.2) is 73.2 Å². The van der Waals surface area contributed by atoms with Crippen LogP contribution in [0.5, 0.6) is 5.75 Å². The first-order chi connectivity index (χ1) is 15.7. The Labute approximate surface area is 189 Å². The highest BCUT2D eigenvalue weighted by Crippen LogP contribution is 2.33. The predicted octanol–water partition coefficient (Wildman–Crippen LogP) is 4.81. The molecule has 0 radical (unpaired) electrons. The maximum atomic E-state index is 9.48. The highest BCUT2D eigenvalue weighted by atomic mass is 32.1. The molecule has 6 nitrogen and oxygen atoms in total. The molecule has 0 saturated heterocycles. The molecular weight excluding hydrogens is 422 g/mol. The summed E-state index contributed by atoms with van der Waals surface area (Å²) in [6.07, 6.45) is 3.60. The maximum Gasteiger partial charge on any atom is 0.125 e. The molecule has 0 aliphatic heterocycles. The molecule has 0 aliphatic carbocycles. The van der Waals surface area contributed by atoms with Crippen molar-refractivity contribution in [2.75, 3.05) is 7.11 Å². The van der Waals surface area contributed by atoms with Crippen molar-refractivity contribution in [3.63, 3.8) is 0 Å². The van der Waals surface area contributed by atoms with Crippen LogP contribution in [-0.2, 0) is 13.2 Å². The number of aliphatic hydroxyl groups is 2. The number of benzene rings is 3. The van der Waals surface area contributed by atoms with Gasteiger partial charge in [0.1, 0.15) is 10.8 Å². The second-order valence-electron chi connectivity index (χ2n) is 7.36. The van der Waals surface area contributed by atoms with Crippen LogP contribution in [0, 0.1) is 0 Å². The molecule has 32 heavy (non-hydrogen) atoms. The molecule has 0 saturated carbocycles. The van der Waals surface area contributed by atoms with E-state index in [4.69, 9.17) is 9.72 Å². The normalized spacial score (nSPS) is 11.2. The van der Waals surface area contributed by atoms with Crippen LogP contribution < -0.4 is 4.74 Å². The number of ether oxygens (including phenoxy) is 1. The number of aliphatic hydroxyl groups excluding tert-OH is 2. The number of methoxy groups -OCH3 is 1. The Morgan fingerprint density at radius 3 is 2.50 bits per heavy atom. The molecule has 0 fully saturated rings. The van der Waals surface area contributed by atoms with Gasteiger partial charge in [-0.3, -0.25) is 4.57 Å². The van der Waals surface area contributed by atoms with E-state index in [0.29, 0.717) is 5.75 Å². The van der Waals surface area contributed by atoms with Crippen LogP contribution >= 0.6 is 11.3 Å². The van der Waals surface area contributed by atoms with Gasteiger partial charge in [0.25, 0.3) is 0 Å². The lowest BCUT2D eigenvalue weighted by Crippen LogP contribution is -1.97. The van der Waals surface area contributed by atoms with E-state index in [2.05, 4.69) is 17.1 Å². The van der Waals surface area contributed by atoms with Gasteiger partial charge in [0.15, 0.2) is 0 Å². The van der Waals surface area contributed by atoms with Crippen LogP contribution in [0.2, 0.25) is 0 Å². The Kier molecular flexibility index (Phi) is 5.45. The van der Waals surface area contributed by atoms with Gasteiger partial charge in [0, 0.05) is 22.4 Å². The Bertz CT molecular complexity index is 1390. The summed E-state index contributed by atoms with van der Waals surface area (Å²) in [6.45, 7) is -0.0447. The molecule has 7 heteroatoms. The zero-order chi connectivity index (χ0) is 22.1. The van der Waals surface area contributed by atoms with Crippen molar-refractivity contribution < 1.29 is 14.9 Å². The Balaban J connectivity index is 1.48. The zero-order valence-corrected chi connectivity index (χ0v) is 18.2. The molecule has 160 valence electrons. The smallest absolute Gasteiger partial charge is 0.125 e. The van der Waals surface area contributed by atoms with Crippen LogP contribution in [0.3, 0.4) is 0 Å². The summed E-state index contributed by atoms with van der Waals surface area (Å²) in [5, 5.41) is 19.8. The zero-order valence-electron chi connectivity index (χ0n) is 17.4. The molecule has 2 heterocycles. The highest BCUT2D eigenvalue weighted by molar-refractivity contribution is 7.21. The minimum atomic E-state index is -0.0722. The van der Waals surface area contributed by atoms with Crippen LogP contribution in [0.4, 0.5) is 0 Å². The summed E-state index contributed by atoms with van der Waals surface area (Å²) in [6, 6.07) is 19.8. The van der Waals surface area contributed by atoms with Crippen LogP contribution in [0.1, 0.15) is 11.1 Å². The van der Waals surface area contributed by atoms with E-state index in [1.807, 2.05) is 59.3 Å². The second kappa shape index (κ2) is 8.55. The molecule has 0 spiro atoms.